The van der Waals surface area contributed by atoms with Crippen molar-refractivity contribution in [2.24, 2.45) is 5.41 Å². The molecule has 1 aliphatic heterocycles. The second-order valence-electron chi connectivity index (χ2n) is 9.26. The first-order valence-corrected chi connectivity index (χ1v) is 10.9. The Morgan fingerprint density at radius 3 is 2.84 bits per heavy atom. The fourth-order valence-electron chi connectivity index (χ4n) is 5.57. The van der Waals surface area contributed by atoms with Crippen LogP contribution in [0.25, 0.3) is 16.7 Å². The van der Waals surface area contributed by atoms with Crippen LogP contribution < -0.4 is 5.73 Å². The minimum Gasteiger partial charge on any atom is -0.390 e. The van der Waals surface area contributed by atoms with E-state index in [1.165, 1.54) is 6.33 Å². The molecule has 2 aliphatic rings. The van der Waals surface area contributed by atoms with Crippen molar-refractivity contribution in [1.29, 1.82) is 0 Å². The van der Waals surface area contributed by atoms with Gasteiger partial charge in [-0.2, -0.15) is 0 Å². The Morgan fingerprint density at radius 1 is 1.16 bits per heavy atom. The summed E-state index contributed by atoms with van der Waals surface area (Å²) in [6.07, 6.45) is 4.55. The number of fused-ring (bicyclic) bond motifs is 2. The van der Waals surface area contributed by atoms with Crippen LogP contribution in [0.5, 0.6) is 0 Å². The molecule has 166 valence electrons. The van der Waals surface area contributed by atoms with Crippen LogP contribution in [-0.4, -0.2) is 52.9 Å². The van der Waals surface area contributed by atoms with Crippen LogP contribution in [0.15, 0.2) is 36.9 Å². The molecule has 2 fully saturated rings. The number of imidazole rings is 1. The Morgan fingerprint density at radius 2 is 2.00 bits per heavy atom. The minimum absolute atomic E-state index is 0.155. The molecule has 5 atom stereocenters. The fraction of sp³-hybridized carbons (Fsp3) is 0.435. The number of pyridine rings is 1. The minimum atomic E-state index is -0.927. The predicted molar refractivity (Wildman–Crippen MR) is 118 cm³/mol. The maximum atomic E-state index is 11.1. The number of aromatic nitrogens is 5. The summed E-state index contributed by atoms with van der Waals surface area (Å²) in [5, 5.41) is 22.8. The van der Waals surface area contributed by atoms with Gasteiger partial charge in [0.1, 0.15) is 29.5 Å². The van der Waals surface area contributed by atoms with Crippen LogP contribution in [0.3, 0.4) is 0 Å². The Bertz CT molecular complexity index is 1350. The predicted octanol–water partition coefficient (Wildman–Crippen LogP) is 2.09. The first-order valence-electron chi connectivity index (χ1n) is 10.9. The summed E-state index contributed by atoms with van der Waals surface area (Å²) in [5.41, 5.74) is 10.2. The number of hydrogen-bond donors (Lipinski definition) is 3. The second-order valence-corrected chi connectivity index (χ2v) is 9.26. The van der Waals surface area contributed by atoms with E-state index >= 15 is 0 Å². The van der Waals surface area contributed by atoms with Crippen molar-refractivity contribution in [2.75, 3.05) is 12.3 Å². The van der Waals surface area contributed by atoms with Gasteiger partial charge in [0.25, 0.3) is 0 Å². The molecular weight excluding hydrogens is 408 g/mol. The zero-order valence-corrected chi connectivity index (χ0v) is 18.0. The Labute approximate surface area is 184 Å². The number of aliphatic hydroxyl groups is 2. The standard InChI is InChI=1S/C23H26N6O3/c1-12-13(2)28-5-3-14(7-18(28)27-12)17-9-23(10-32-17)8-16(19(30)20(23)31)29-6-4-15-21(24)25-11-26-22(15)29/h3-7,11,16-17,19-20,30-31H,8-10H2,1-2H3,(H2,24,25,26). The molecule has 0 radical (unpaired) electrons. The number of nitrogens with zero attached hydrogens (tertiary/aromatic N) is 5. The molecule has 0 aromatic carbocycles. The maximum Gasteiger partial charge on any atom is 0.145 e. The highest BCUT2D eigenvalue weighted by atomic mass is 16.5. The van der Waals surface area contributed by atoms with Crippen LogP contribution >= 0.6 is 0 Å². The van der Waals surface area contributed by atoms with Crippen molar-refractivity contribution in [3.8, 4) is 0 Å². The molecule has 4 N–H and O–H groups in total. The highest BCUT2D eigenvalue weighted by Gasteiger charge is 2.57. The van der Waals surface area contributed by atoms with E-state index in [1.807, 2.05) is 30.0 Å². The van der Waals surface area contributed by atoms with Gasteiger partial charge in [-0.05, 0) is 50.5 Å². The molecule has 1 saturated carbocycles. The van der Waals surface area contributed by atoms with Gasteiger partial charge in [0, 0.05) is 23.5 Å². The number of ether oxygens (including phenoxy) is 1. The van der Waals surface area contributed by atoms with Crippen LogP contribution in [0, 0.1) is 19.3 Å². The fourth-order valence-corrected chi connectivity index (χ4v) is 5.57. The molecule has 5 heterocycles. The number of anilines is 1. The molecule has 4 aromatic rings. The smallest absolute Gasteiger partial charge is 0.145 e. The topological polar surface area (TPSA) is 124 Å². The molecule has 6 rings (SSSR count). The lowest BCUT2D eigenvalue weighted by atomic mass is 9.80. The van der Waals surface area contributed by atoms with Gasteiger partial charge in [-0.25, -0.2) is 15.0 Å². The average Bonchev–Trinajstić information content (AvgIpc) is 3.52. The first kappa shape index (κ1) is 19.7. The van der Waals surface area contributed by atoms with Gasteiger partial charge < -0.3 is 29.7 Å². The van der Waals surface area contributed by atoms with Gasteiger partial charge >= 0.3 is 0 Å². The average molecular weight is 435 g/mol. The monoisotopic (exact) mass is 434 g/mol. The van der Waals surface area contributed by atoms with Crippen molar-refractivity contribution in [1.82, 2.24) is 23.9 Å². The Balaban J connectivity index is 1.31. The van der Waals surface area contributed by atoms with E-state index in [9.17, 15) is 10.2 Å². The zero-order chi connectivity index (χ0) is 22.2. The zero-order valence-electron chi connectivity index (χ0n) is 18.0. The molecule has 4 aromatic heterocycles. The summed E-state index contributed by atoms with van der Waals surface area (Å²) < 4.78 is 10.2. The molecule has 1 spiro atoms. The van der Waals surface area contributed by atoms with Crippen LogP contribution in [0.2, 0.25) is 0 Å². The van der Waals surface area contributed by atoms with Gasteiger partial charge in [0.15, 0.2) is 0 Å². The maximum absolute atomic E-state index is 11.1. The lowest BCUT2D eigenvalue weighted by Crippen LogP contribution is -2.37. The van der Waals surface area contributed by atoms with E-state index in [0.717, 1.165) is 28.0 Å². The number of hydrogen-bond acceptors (Lipinski definition) is 7. The van der Waals surface area contributed by atoms with Gasteiger partial charge in [-0.1, -0.05) is 0 Å². The molecule has 9 nitrogen and oxygen atoms in total. The van der Waals surface area contributed by atoms with Gasteiger partial charge in [0.05, 0.1) is 35.9 Å². The molecule has 9 heteroatoms. The van der Waals surface area contributed by atoms with E-state index in [-0.39, 0.29) is 12.1 Å². The number of nitrogen functional groups attached to an aromatic ring is 1. The Hall–Kier alpha value is -3.01. The van der Waals surface area contributed by atoms with Crippen LogP contribution in [0.4, 0.5) is 5.82 Å². The molecule has 0 amide bonds. The highest BCUT2D eigenvalue weighted by molar-refractivity contribution is 5.86. The lowest BCUT2D eigenvalue weighted by molar-refractivity contribution is -0.0309. The van der Waals surface area contributed by atoms with Gasteiger partial charge in [-0.15, -0.1) is 0 Å². The van der Waals surface area contributed by atoms with Crippen LogP contribution in [0.1, 0.15) is 41.9 Å². The SMILES string of the molecule is Cc1nc2cc(C3CC4(CO3)CC(n3ccc5c(N)ncnc53)C(O)C4O)ccn2c1C. The molecule has 32 heavy (non-hydrogen) atoms. The Kier molecular flexibility index (Phi) is 4.14. The number of rotatable bonds is 2. The van der Waals surface area contributed by atoms with Crippen molar-refractivity contribution < 1.29 is 14.9 Å². The van der Waals surface area contributed by atoms with Crippen molar-refractivity contribution in [3.05, 3.63) is 53.9 Å². The second kappa shape index (κ2) is 6.74. The summed E-state index contributed by atoms with van der Waals surface area (Å²) in [4.78, 5) is 13.0. The summed E-state index contributed by atoms with van der Waals surface area (Å²) in [6, 6.07) is 5.64. The largest absolute Gasteiger partial charge is 0.390 e. The van der Waals surface area contributed by atoms with E-state index in [0.29, 0.717) is 30.9 Å². The molecular formula is C23H26N6O3. The third-order valence-corrected chi connectivity index (χ3v) is 7.52. The summed E-state index contributed by atoms with van der Waals surface area (Å²) in [5.74, 6) is 0.403. The lowest BCUT2D eigenvalue weighted by Gasteiger charge is -2.26. The quantitative estimate of drug-likeness (QED) is 0.441. The number of nitrogens with two attached hydrogens (primary N) is 1. The first-order chi connectivity index (χ1) is 15.4. The third kappa shape index (κ3) is 2.65. The summed E-state index contributed by atoms with van der Waals surface area (Å²) in [7, 11) is 0. The number of aliphatic hydroxyl groups excluding tert-OH is 2. The number of aryl methyl sites for hydroxylation is 2. The van der Waals surface area contributed by atoms with Crippen molar-refractivity contribution in [2.45, 2.75) is 51.0 Å². The summed E-state index contributed by atoms with van der Waals surface area (Å²) >= 11 is 0. The normalized spacial score (nSPS) is 30.2. The molecule has 5 unspecified atom stereocenters. The highest BCUT2D eigenvalue weighted by Crippen LogP contribution is 2.54. The van der Waals surface area contributed by atoms with Gasteiger partial charge in [-0.3, -0.25) is 0 Å². The van der Waals surface area contributed by atoms with E-state index < -0.39 is 17.6 Å². The third-order valence-electron chi connectivity index (χ3n) is 7.52. The van der Waals surface area contributed by atoms with E-state index in [4.69, 9.17) is 10.5 Å². The summed E-state index contributed by atoms with van der Waals surface area (Å²) in [6.45, 7) is 4.44. The van der Waals surface area contributed by atoms with E-state index in [2.05, 4.69) is 38.4 Å². The van der Waals surface area contributed by atoms with Crippen molar-refractivity contribution >= 4 is 22.5 Å². The molecule has 0 bridgehead atoms. The molecule has 1 saturated heterocycles. The molecule has 1 aliphatic carbocycles. The van der Waals surface area contributed by atoms with E-state index in [1.54, 1.807) is 0 Å². The van der Waals surface area contributed by atoms with Gasteiger partial charge in [0.2, 0.25) is 0 Å². The van der Waals surface area contributed by atoms with Crippen molar-refractivity contribution in [3.63, 3.8) is 0 Å². The van der Waals surface area contributed by atoms with Crippen LogP contribution in [-0.2, 0) is 4.74 Å².